The highest BCUT2D eigenvalue weighted by atomic mass is 16.5. The molecule has 1 N–H and O–H groups in total. The number of hydrogen-bond donors (Lipinski definition) is 1. The molecule has 0 aliphatic rings. The van der Waals surface area contributed by atoms with Crippen LogP contribution in [0.3, 0.4) is 0 Å². The van der Waals surface area contributed by atoms with Crippen molar-refractivity contribution in [1.82, 2.24) is 0 Å². The van der Waals surface area contributed by atoms with Crippen molar-refractivity contribution in [2.75, 3.05) is 7.11 Å². The summed E-state index contributed by atoms with van der Waals surface area (Å²) in [5, 5.41) is 9.86. The Hall–Kier alpha value is -0.860. The minimum atomic E-state index is -0.760. The quantitative estimate of drug-likeness (QED) is 0.850. The van der Waals surface area contributed by atoms with E-state index in [9.17, 15) is 5.11 Å². The van der Waals surface area contributed by atoms with E-state index in [-0.39, 0.29) is 5.60 Å². The van der Waals surface area contributed by atoms with E-state index in [1.165, 1.54) is 5.56 Å². The Morgan fingerprint density at radius 3 is 2.00 bits per heavy atom. The summed E-state index contributed by atoms with van der Waals surface area (Å²) in [6.07, 6.45) is 1.98. The topological polar surface area (TPSA) is 29.5 Å². The van der Waals surface area contributed by atoms with E-state index in [0.717, 1.165) is 18.4 Å². The van der Waals surface area contributed by atoms with Crippen LogP contribution >= 0.6 is 0 Å². The second-order valence-electron chi connectivity index (χ2n) is 5.72. The van der Waals surface area contributed by atoms with Gasteiger partial charge >= 0.3 is 0 Å². The van der Waals surface area contributed by atoms with Gasteiger partial charge in [0.05, 0.1) is 11.2 Å². The van der Waals surface area contributed by atoms with Gasteiger partial charge in [-0.15, -0.1) is 0 Å². The maximum absolute atomic E-state index is 9.86. The molecule has 1 aromatic rings. The van der Waals surface area contributed by atoms with E-state index in [1.807, 2.05) is 12.1 Å². The van der Waals surface area contributed by atoms with Gasteiger partial charge in [0.25, 0.3) is 0 Å². The molecule has 2 heteroatoms. The average Bonchev–Trinajstić information content (AvgIpc) is 2.26. The molecular weight excluding hydrogens is 212 g/mol. The van der Waals surface area contributed by atoms with Crippen LogP contribution in [0.5, 0.6) is 0 Å². The maximum atomic E-state index is 9.86. The number of hydrogen-bond acceptors (Lipinski definition) is 2. The van der Waals surface area contributed by atoms with E-state index in [4.69, 9.17) is 4.74 Å². The Morgan fingerprint density at radius 2 is 1.59 bits per heavy atom. The van der Waals surface area contributed by atoms with Gasteiger partial charge in [0.2, 0.25) is 0 Å². The van der Waals surface area contributed by atoms with Crippen LogP contribution in [0.1, 0.15) is 45.2 Å². The summed E-state index contributed by atoms with van der Waals surface area (Å²) in [5.41, 5.74) is 1.40. The van der Waals surface area contributed by atoms with E-state index in [2.05, 4.69) is 26.0 Å². The molecule has 0 spiro atoms. The highest BCUT2D eigenvalue weighted by Gasteiger charge is 2.17. The summed E-state index contributed by atoms with van der Waals surface area (Å²) in [6, 6.07) is 8.16. The van der Waals surface area contributed by atoms with Crippen LogP contribution in [-0.4, -0.2) is 17.8 Å². The van der Waals surface area contributed by atoms with Crippen LogP contribution in [0.2, 0.25) is 0 Å². The van der Waals surface area contributed by atoms with E-state index in [1.54, 1.807) is 21.0 Å². The first-order valence-corrected chi connectivity index (χ1v) is 6.11. The first kappa shape index (κ1) is 14.2. The summed E-state index contributed by atoms with van der Waals surface area (Å²) in [4.78, 5) is 0. The molecule has 1 rings (SSSR count). The van der Waals surface area contributed by atoms with E-state index >= 15 is 0 Å². The second-order valence-corrected chi connectivity index (χ2v) is 5.72. The number of benzene rings is 1. The molecule has 0 saturated heterocycles. The maximum Gasteiger partial charge on any atom is 0.0840 e. The Morgan fingerprint density at radius 1 is 1.06 bits per heavy atom. The zero-order valence-corrected chi connectivity index (χ0v) is 11.6. The average molecular weight is 236 g/mol. The minimum Gasteiger partial charge on any atom is -0.386 e. The highest BCUT2D eigenvalue weighted by Crippen LogP contribution is 2.21. The molecule has 17 heavy (non-hydrogen) atoms. The monoisotopic (exact) mass is 236 g/mol. The lowest BCUT2D eigenvalue weighted by atomic mass is 9.94. The Bertz CT molecular complexity index is 344. The first-order valence-electron chi connectivity index (χ1n) is 6.11. The Kier molecular flexibility index (Phi) is 4.34. The molecule has 0 aromatic heterocycles. The van der Waals surface area contributed by atoms with Crippen LogP contribution in [0, 0.1) is 0 Å². The fraction of sp³-hybridized carbons (Fsp3) is 0.600. The van der Waals surface area contributed by atoms with Crippen LogP contribution in [0.4, 0.5) is 0 Å². The summed E-state index contributed by atoms with van der Waals surface area (Å²) < 4.78 is 5.40. The van der Waals surface area contributed by atoms with Crippen molar-refractivity contribution in [3.63, 3.8) is 0 Å². The van der Waals surface area contributed by atoms with Gasteiger partial charge in [-0.25, -0.2) is 0 Å². The number of ether oxygens (including phenoxy) is 1. The molecule has 0 unspecified atom stereocenters. The fourth-order valence-corrected chi connectivity index (χ4v) is 1.63. The lowest BCUT2D eigenvalue weighted by molar-refractivity contribution is 0.0158. The molecule has 0 saturated carbocycles. The normalized spacial score (nSPS) is 12.8. The van der Waals surface area contributed by atoms with Gasteiger partial charge in [-0.05, 0) is 51.7 Å². The Labute approximate surface area is 105 Å². The minimum absolute atomic E-state index is 0.0745. The predicted octanol–water partition coefficient (Wildman–Crippen LogP) is 3.27. The largest absolute Gasteiger partial charge is 0.386 e. The molecule has 2 nitrogen and oxygen atoms in total. The summed E-state index contributed by atoms with van der Waals surface area (Å²) in [5.74, 6) is 0. The van der Waals surface area contributed by atoms with E-state index < -0.39 is 5.60 Å². The van der Waals surface area contributed by atoms with Gasteiger partial charge in [-0.2, -0.15) is 0 Å². The van der Waals surface area contributed by atoms with Gasteiger partial charge in [0.15, 0.2) is 0 Å². The van der Waals surface area contributed by atoms with Crippen molar-refractivity contribution < 1.29 is 9.84 Å². The van der Waals surface area contributed by atoms with Gasteiger partial charge in [0, 0.05) is 7.11 Å². The fourth-order valence-electron chi connectivity index (χ4n) is 1.63. The molecule has 0 radical (unpaired) electrons. The molecule has 96 valence electrons. The number of rotatable bonds is 5. The molecule has 0 aliphatic heterocycles. The van der Waals surface area contributed by atoms with Crippen LogP contribution in [0.25, 0.3) is 0 Å². The first-order chi connectivity index (χ1) is 7.74. The molecule has 1 aromatic carbocycles. The smallest absolute Gasteiger partial charge is 0.0840 e. The molecule has 0 amide bonds. The second kappa shape index (κ2) is 5.19. The summed E-state index contributed by atoms with van der Waals surface area (Å²) >= 11 is 0. The standard InChI is InChI=1S/C15H24O2/c1-14(2,17-5)11-10-12-6-8-13(9-7-12)15(3,4)16/h6-9,16H,10-11H2,1-5H3. The van der Waals surface area contributed by atoms with Gasteiger partial charge < -0.3 is 9.84 Å². The Balaban J connectivity index is 2.64. The van der Waals surface area contributed by atoms with Gasteiger partial charge in [0.1, 0.15) is 0 Å². The van der Waals surface area contributed by atoms with Crippen molar-refractivity contribution in [1.29, 1.82) is 0 Å². The molecule has 0 aliphatic carbocycles. The van der Waals surface area contributed by atoms with Gasteiger partial charge in [-0.3, -0.25) is 0 Å². The molecule has 0 fully saturated rings. The lowest BCUT2D eigenvalue weighted by Gasteiger charge is -2.23. The number of aryl methyl sites for hydroxylation is 1. The number of aliphatic hydroxyl groups is 1. The SMILES string of the molecule is COC(C)(C)CCc1ccc(C(C)(C)O)cc1. The highest BCUT2D eigenvalue weighted by molar-refractivity contribution is 5.26. The van der Waals surface area contributed by atoms with Crippen molar-refractivity contribution >= 4 is 0 Å². The third kappa shape index (κ3) is 4.49. The van der Waals surface area contributed by atoms with Crippen LogP contribution in [-0.2, 0) is 16.8 Å². The molecule has 0 bridgehead atoms. The number of methoxy groups -OCH3 is 1. The van der Waals surface area contributed by atoms with Crippen molar-refractivity contribution in [3.05, 3.63) is 35.4 Å². The third-order valence-corrected chi connectivity index (χ3v) is 3.23. The van der Waals surface area contributed by atoms with Crippen LogP contribution in [0.15, 0.2) is 24.3 Å². The molecule has 0 heterocycles. The van der Waals surface area contributed by atoms with Crippen molar-refractivity contribution in [3.8, 4) is 0 Å². The van der Waals surface area contributed by atoms with Crippen molar-refractivity contribution in [2.24, 2.45) is 0 Å². The molecule has 0 atom stereocenters. The summed E-state index contributed by atoms with van der Waals surface area (Å²) in [6.45, 7) is 7.79. The van der Waals surface area contributed by atoms with Crippen LogP contribution < -0.4 is 0 Å². The van der Waals surface area contributed by atoms with Gasteiger partial charge in [-0.1, -0.05) is 24.3 Å². The molecular formula is C15H24O2. The zero-order valence-electron chi connectivity index (χ0n) is 11.6. The van der Waals surface area contributed by atoms with Crippen molar-refractivity contribution in [2.45, 2.75) is 51.7 Å². The lowest BCUT2D eigenvalue weighted by Crippen LogP contribution is -2.23. The predicted molar refractivity (Wildman–Crippen MR) is 71.1 cm³/mol. The van der Waals surface area contributed by atoms with E-state index in [0.29, 0.717) is 0 Å². The summed E-state index contributed by atoms with van der Waals surface area (Å²) in [7, 11) is 1.75. The third-order valence-electron chi connectivity index (χ3n) is 3.23. The zero-order chi connectivity index (χ0) is 13.1.